The summed E-state index contributed by atoms with van der Waals surface area (Å²) in [6.45, 7) is 4.29. The van der Waals surface area contributed by atoms with Gasteiger partial charge in [-0.25, -0.2) is 0 Å². The van der Waals surface area contributed by atoms with Crippen molar-refractivity contribution < 1.29 is 14.7 Å². The van der Waals surface area contributed by atoms with Crippen LogP contribution in [0.1, 0.15) is 12.0 Å². The monoisotopic (exact) mass is 287 g/mol. The van der Waals surface area contributed by atoms with Gasteiger partial charge >= 0.3 is 5.97 Å². The van der Waals surface area contributed by atoms with Crippen LogP contribution in [0.3, 0.4) is 0 Å². The van der Waals surface area contributed by atoms with Gasteiger partial charge in [0, 0.05) is 23.8 Å². The number of nitrogens with zero attached hydrogens (tertiary/aromatic N) is 2. The highest BCUT2D eigenvalue weighted by Gasteiger charge is 2.42. The number of amides is 1. The highest BCUT2D eigenvalue weighted by molar-refractivity contribution is 6.05. The molecule has 3 rings (SSSR count). The smallest absolute Gasteiger partial charge is 0.323 e. The van der Waals surface area contributed by atoms with E-state index in [1.165, 1.54) is 4.90 Å². The highest BCUT2D eigenvalue weighted by atomic mass is 16.4. The SMILES string of the molecule is C=C1c2ccccc2N(CC(=O)O)C(=O)C2C[C@H](N)CN12. The third kappa shape index (κ3) is 2.17. The van der Waals surface area contributed by atoms with Gasteiger partial charge in [0.1, 0.15) is 12.6 Å². The standard InChI is InChI=1S/C15H17N3O3/c1-9-11-4-2-3-5-12(11)18(8-14(19)20)15(21)13-6-10(16)7-17(9)13/h2-5,10,13H,1,6-8,16H2,(H,19,20)/t10-,13?/m0/s1. The quantitative estimate of drug-likeness (QED) is 0.826. The Balaban J connectivity index is 2.12. The number of fused-ring (bicyclic) bond motifs is 2. The molecule has 0 spiro atoms. The number of carbonyl (C=O) groups excluding carboxylic acids is 1. The third-order valence-electron chi connectivity index (χ3n) is 4.03. The fourth-order valence-electron chi connectivity index (χ4n) is 3.11. The van der Waals surface area contributed by atoms with Crippen LogP contribution in [0.15, 0.2) is 30.8 Å². The zero-order valence-corrected chi connectivity index (χ0v) is 11.5. The summed E-state index contributed by atoms with van der Waals surface area (Å²) >= 11 is 0. The first-order valence-electron chi connectivity index (χ1n) is 6.82. The number of carboxylic acids is 1. The van der Waals surface area contributed by atoms with E-state index in [9.17, 15) is 9.59 Å². The van der Waals surface area contributed by atoms with E-state index in [4.69, 9.17) is 10.8 Å². The molecule has 6 heteroatoms. The van der Waals surface area contributed by atoms with Crippen LogP contribution in [-0.2, 0) is 9.59 Å². The molecular weight excluding hydrogens is 270 g/mol. The van der Waals surface area contributed by atoms with E-state index in [2.05, 4.69) is 6.58 Å². The molecule has 2 aliphatic rings. The van der Waals surface area contributed by atoms with E-state index in [1.54, 1.807) is 12.1 Å². The predicted molar refractivity (Wildman–Crippen MR) is 78.6 cm³/mol. The minimum absolute atomic E-state index is 0.104. The summed E-state index contributed by atoms with van der Waals surface area (Å²) in [5, 5.41) is 9.10. The van der Waals surface area contributed by atoms with Crippen LogP contribution in [-0.4, -0.2) is 47.1 Å². The van der Waals surface area contributed by atoms with Gasteiger partial charge in [-0.05, 0) is 12.5 Å². The number of para-hydroxylation sites is 1. The molecular formula is C15H17N3O3. The number of carboxylic acid groups (broad SMARTS) is 1. The number of rotatable bonds is 2. The largest absolute Gasteiger partial charge is 0.480 e. The second-order valence-electron chi connectivity index (χ2n) is 5.45. The summed E-state index contributed by atoms with van der Waals surface area (Å²) in [5.41, 5.74) is 8.07. The molecule has 1 saturated heterocycles. The molecule has 110 valence electrons. The van der Waals surface area contributed by atoms with Gasteiger partial charge in [0.05, 0.1) is 5.69 Å². The molecule has 0 aromatic heterocycles. The van der Waals surface area contributed by atoms with Crippen LogP contribution in [0.4, 0.5) is 5.69 Å². The second-order valence-corrected chi connectivity index (χ2v) is 5.45. The molecule has 2 heterocycles. The molecule has 1 aromatic rings. The first-order valence-corrected chi connectivity index (χ1v) is 6.82. The molecule has 1 fully saturated rings. The normalized spacial score (nSPS) is 24.6. The van der Waals surface area contributed by atoms with Gasteiger partial charge in [0.25, 0.3) is 0 Å². The molecule has 0 bridgehead atoms. The lowest BCUT2D eigenvalue weighted by Crippen LogP contribution is -2.45. The summed E-state index contributed by atoms with van der Waals surface area (Å²) in [6, 6.07) is 6.71. The first-order chi connectivity index (χ1) is 9.99. The Morgan fingerprint density at radius 2 is 2.14 bits per heavy atom. The lowest BCUT2D eigenvalue weighted by molar-refractivity contribution is -0.137. The van der Waals surface area contributed by atoms with Crippen molar-refractivity contribution in [2.45, 2.75) is 18.5 Å². The maximum absolute atomic E-state index is 12.7. The Kier molecular flexibility index (Phi) is 3.17. The number of anilines is 1. The van der Waals surface area contributed by atoms with Gasteiger partial charge in [-0.1, -0.05) is 24.8 Å². The lowest BCUT2D eigenvalue weighted by Gasteiger charge is -2.25. The van der Waals surface area contributed by atoms with Gasteiger partial charge < -0.3 is 15.7 Å². The molecule has 0 saturated carbocycles. The molecule has 2 aliphatic heterocycles. The number of nitrogens with two attached hydrogens (primary N) is 1. The van der Waals surface area contributed by atoms with Gasteiger partial charge in [0.15, 0.2) is 0 Å². The van der Waals surface area contributed by atoms with Crippen LogP contribution < -0.4 is 10.6 Å². The van der Waals surface area contributed by atoms with Crippen LogP contribution in [0, 0.1) is 0 Å². The van der Waals surface area contributed by atoms with Gasteiger partial charge in [-0.2, -0.15) is 0 Å². The Morgan fingerprint density at radius 1 is 1.43 bits per heavy atom. The molecule has 3 N–H and O–H groups in total. The maximum atomic E-state index is 12.7. The number of carbonyl (C=O) groups is 2. The summed E-state index contributed by atoms with van der Waals surface area (Å²) < 4.78 is 0. The summed E-state index contributed by atoms with van der Waals surface area (Å²) in [4.78, 5) is 27.1. The highest BCUT2D eigenvalue weighted by Crippen LogP contribution is 2.37. The summed E-state index contributed by atoms with van der Waals surface area (Å²) in [5.74, 6) is -1.27. The molecule has 2 atom stereocenters. The molecule has 1 unspecified atom stereocenters. The van der Waals surface area contributed by atoms with E-state index in [0.717, 1.165) is 11.3 Å². The number of hydrogen-bond acceptors (Lipinski definition) is 4. The first kappa shape index (κ1) is 13.6. The van der Waals surface area contributed by atoms with Crippen LogP contribution in [0.5, 0.6) is 0 Å². The average molecular weight is 287 g/mol. The van der Waals surface area contributed by atoms with E-state index < -0.39 is 12.0 Å². The molecule has 1 amide bonds. The zero-order valence-electron chi connectivity index (χ0n) is 11.5. The predicted octanol–water partition coefficient (Wildman–Crippen LogP) is 0.490. The molecule has 6 nitrogen and oxygen atoms in total. The number of aliphatic carboxylic acids is 1. The lowest BCUT2D eigenvalue weighted by atomic mass is 10.1. The molecule has 1 aromatic carbocycles. The van der Waals surface area contributed by atoms with Crippen molar-refractivity contribution in [1.29, 1.82) is 0 Å². The minimum atomic E-state index is -1.04. The third-order valence-corrected chi connectivity index (χ3v) is 4.03. The van der Waals surface area contributed by atoms with E-state index >= 15 is 0 Å². The second kappa shape index (κ2) is 4.89. The Labute approximate surface area is 122 Å². The zero-order chi connectivity index (χ0) is 15.1. The van der Waals surface area contributed by atoms with E-state index in [0.29, 0.717) is 18.7 Å². The molecule has 21 heavy (non-hydrogen) atoms. The van der Waals surface area contributed by atoms with Gasteiger partial charge in [-0.3, -0.25) is 14.5 Å². The maximum Gasteiger partial charge on any atom is 0.323 e. The Hall–Kier alpha value is -2.34. The van der Waals surface area contributed by atoms with E-state index in [-0.39, 0.29) is 18.5 Å². The van der Waals surface area contributed by atoms with Crippen molar-refractivity contribution in [1.82, 2.24) is 4.90 Å². The van der Waals surface area contributed by atoms with Gasteiger partial charge in [-0.15, -0.1) is 0 Å². The molecule has 0 aliphatic carbocycles. The molecule has 0 radical (unpaired) electrons. The van der Waals surface area contributed by atoms with Crippen LogP contribution >= 0.6 is 0 Å². The van der Waals surface area contributed by atoms with E-state index in [1.807, 2.05) is 17.0 Å². The van der Waals surface area contributed by atoms with Crippen molar-refractivity contribution >= 4 is 23.3 Å². The van der Waals surface area contributed by atoms with Crippen molar-refractivity contribution in [3.05, 3.63) is 36.4 Å². The van der Waals surface area contributed by atoms with Crippen LogP contribution in [0.2, 0.25) is 0 Å². The van der Waals surface area contributed by atoms with Gasteiger partial charge in [0.2, 0.25) is 5.91 Å². The Morgan fingerprint density at radius 3 is 2.86 bits per heavy atom. The van der Waals surface area contributed by atoms with Crippen molar-refractivity contribution in [2.75, 3.05) is 18.0 Å². The fraction of sp³-hybridized carbons (Fsp3) is 0.333. The minimum Gasteiger partial charge on any atom is -0.480 e. The average Bonchev–Trinajstić information content (AvgIpc) is 2.82. The summed E-state index contributed by atoms with van der Waals surface area (Å²) in [7, 11) is 0. The fourth-order valence-corrected chi connectivity index (χ4v) is 3.11. The number of benzene rings is 1. The Bertz CT molecular complexity index is 628. The van der Waals surface area contributed by atoms with Crippen molar-refractivity contribution in [3.63, 3.8) is 0 Å². The summed E-state index contributed by atoms with van der Waals surface area (Å²) in [6.07, 6.45) is 0.516. The van der Waals surface area contributed by atoms with Crippen LogP contribution in [0.25, 0.3) is 5.70 Å². The topological polar surface area (TPSA) is 86.9 Å². The van der Waals surface area contributed by atoms with Crippen molar-refractivity contribution in [3.8, 4) is 0 Å². The number of hydrogen-bond donors (Lipinski definition) is 2. The van der Waals surface area contributed by atoms with Crippen molar-refractivity contribution in [2.24, 2.45) is 5.73 Å².